The Morgan fingerprint density at radius 2 is 1.93 bits per heavy atom. The van der Waals surface area contributed by atoms with E-state index in [-0.39, 0.29) is 0 Å². The first-order valence-electron chi connectivity index (χ1n) is 6.64. The Kier molecular flexibility index (Phi) is 5.07. The average molecular weight is 212 g/mol. The first-order valence-corrected chi connectivity index (χ1v) is 6.64. The Bertz CT molecular complexity index is 175. The standard InChI is InChI=1S/C13H28N2/c1-5-12-11-15(10-8-9-14-12)13(4,6-2)7-3/h12,14H,5-11H2,1-4H3. The van der Waals surface area contributed by atoms with E-state index in [2.05, 4.69) is 37.9 Å². The summed E-state index contributed by atoms with van der Waals surface area (Å²) in [5.74, 6) is 0. The summed E-state index contributed by atoms with van der Waals surface area (Å²) in [5, 5.41) is 3.64. The van der Waals surface area contributed by atoms with Crippen LogP contribution in [0.25, 0.3) is 0 Å². The van der Waals surface area contributed by atoms with Crippen molar-refractivity contribution in [3.63, 3.8) is 0 Å². The van der Waals surface area contributed by atoms with E-state index in [1.807, 2.05) is 0 Å². The van der Waals surface area contributed by atoms with E-state index < -0.39 is 0 Å². The Morgan fingerprint density at radius 3 is 2.47 bits per heavy atom. The summed E-state index contributed by atoms with van der Waals surface area (Å²) in [4.78, 5) is 2.71. The van der Waals surface area contributed by atoms with Gasteiger partial charge in [-0.1, -0.05) is 20.8 Å². The van der Waals surface area contributed by atoms with Gasteiger partial charge in [0.1, 0.15) is 0 Å². The van der Waals surface area contributed by atoms with Crippen LogP contribution in [0.15, 0.2) is 0 Å². The fraction of sp³-hybridized carbons (Fsp3) is 1.00. The maximum atomic E-state index is 3.64. The number of nitrogens with one attached hydrogen (secondary N) is 1. The van der Waals surface area contributed by atoms with Gasteiger partial charge in [0.25, 0.3) is 0 Å². The van der Waals surface area contributed by atoms with Crippen molar-refractivity contribution in [1.82, 2.24) is 10.2 Å². The molecule has 0 amide bonds. The lowest BCUT2D eigenvalue weighted by Gasteiger charge is -2.41. The van der Waals surface area contributed by atoms with Crippen LogP contribution in [0, 0.1) is 0 Å². The summed E-state index contributed by atoms with van der Waals surface area (Å²) in [6.45, 7) is 13.0. The van der Waals surface area contributed by atoms with Crippen molar-refractivity contribution in [3.05, 3.63) is 0 Å². The van der Waals surface area contributed by atoms with Crippen molar-refractivity contribution in [2.45, 2.75) is 65.0 Å². The monoisotopic (exact) mass is 212 g/mol. The highest BCUT2D eigenvalue weighted by Gasteiger charge is 2.30. The fourth-order valence-corrected chi connectivity index (χ4v) is 2.46. The minimum Gasteiger partial charge on any atom is -0.313 e. The number of hydrogen-bond donors (Lipinski definition) is 1. The Morgan fingerprint density at radius 1 is 1.27 bits per heavy atom. The van der Waals surface area contributed by atoms with Gasteiger partial charge in [-0.05, 0) is 45.7 Å². The van der Waals surface area contributed by atoms with Crippen LogP contribution in [0.5, 0.6) is 0 Å². The summed E-state index contributed by atoms with van der Waals surface area (Å²) in [6, 6.07) is 0.699. The SMILES string of the molecule is CCC1CN(C(C)(CC)CC)CCCN1. The summed E-state index contributed by atoms with van der Waals surface area (Å²) < 4.78 is 0. The van der Waals surface area contributed by atoms with Crippen LogP contribution in [0.3, 0.4) is 0 Å². The molecular weight excluding hydrogens is 184 g/mol. The lowest BCUT2D eigenvalue weighted by atomic mass is 9.92. The molecule has 1 N–H and O–H groups in total. The van der Waals surface area contributed by atoms with Crippen molar-refractivity contribution in [3.8, 4) is 0 Å². The van der Waals surface area contributed by atoms with Gasteiger partial charge in [-0.2, -0.15) is 0 Å². The lowest BCUT2D eigenvalue weighted by Crippen LogP contribution is -2.49. The van der Waals surface area contributed by atoms with E-state index in [1.54, 1.807) is 0 Å². The molecule has 2 nitrogen and oxygen atoms in total. The van der Waals surface area contributed by atoms with Crippen molar-refractivity contribution in [1.29, 1.82) is 0 Å². The van der Waals surface area contributed by atoms with Crippen LogP contribution < -0.4 is 5.32 Å². The molecule has 0 aliphatic carbocycles. The molecule has 0 radical (unpaired) electrons. The first-order chi connectivity index (χ1) is 7.16. The fourth-order valence-electron chi connectivity index (χ4n) is 2.46. The number of hydrogen-bond acceptors (Lipinski definition) is 2. The van der Waals surface area contributed by atoms with Crippen LogP contribution in [0.4, 0.5) is 0 Å². The second kappa shape index (κ2) is 5.86. The van der Waals surface area contributed by atoms with E-state index in [0.717, 1.165) is 0 Å². The Balaban J connectivity index is 2.65. The molecule has 1 aliphatic rings. The maximum Gasteiger partial charge on any atom is 0.0192 e. The second-order valence-corrected chi connectivity index (χ2v) is 5.06. The van der Waals surface area contributed by atoms with Crippen LogP contribution >= 0.6 is 0 Å². The molecule has 0 aromatic rings. The molecule has 15 heavy (non-hydrogen) atoms. The molecule has 0 saturated carbocycles. The van der Waals surface area contributed by atoms with Crippen LogP contribution in [0.1, 0.15) is 53.4 Å². The quantitative estimate of drug-likeness (QED) is 0.770. The normalized spacial score (nSPS) is 25.2. The van der Waals surface area contributed by atoms with Gasteiger partial charge in [0, 0.05) is 18.1 Å². The molecule has 0 aromatic carbocycles. The zero-order valence-electron chi connectivity index (χ0n) is 11.0. The predicted octanol–water partition coefficient (Wildman–Crippen LogP) is 2.64. The van der Waals surface area contributed by atoms with E-state index in [9.17, 15) is 0 Å². The second-order valence-electron chi connectivity index (χ2n) is 5.06. The predicted molar refractivity (Wildman–Crippen MR) is 67.3 cm³/mol. The van der Waals surface area contributed by atoms with Gasteiger partial charge in [-0.15, -0.1) is 0 Å². The van der Waals surface area contributed by atoms with Crippen molar-refractivity contribution in [2.75, 3.05) is 19.6 Å². The smallest absolute Gasteiger partial charge is 0.0192 e. The summed E-state index contributed by atoms with van der Waals surface area (Å²) in [6.07, 6.45) is 5.08. The maximum absolute atomic E-state index is 3.64. The highest BCUT2D eigenvalue weighted by Crippen LogP contribution is 2.24. The number of nitrogens with zero attached hydrogens (tertiary/aromatic N) is 1. The average Bonchev–Trinajstić information content (AvgIpc) is 2.53. The van der Waals surface area contributed by atoms with Gasteiger partial charge in [-0.25, -0.2) is 0 Å². The van der Waals surface area contributed by atoms with E-state index in [1.165, 1.54) is 45.3 Å². The topological polar surface area (TPSA) is 15.3 Å². The Labute approximate surface area is 95.4 Å². The van der Waals surface area contributed by atoms with Crippen LogP contribution in [-0.4, -0.2) is 36.1 Å². The minimum atomic E-state index is 0.416. The molecule has 0 aromatic heterocycles. The highest BCUT2D eigenvalue weighted by atomic mass is 15.2. The largest absolute Gasteiger partial charge is 0.313 e. The zero-order chi connectivity index (χ0) is 11.3. The van der Waals surface area contributed by atoms with Gasteiger partial charge in [0.05, 0.1) is 0 Å². The molecule has 2 heteroatoms. The summed E-state index contributed by atoms with van der Waals surface area (Å²) in [7, 11) is 0. The Hall–Kier alpha value is -0.0800. The lowest BCUT2D eigenvalue weighted by molar-refractivity contribution is 0.0920. The number of rotatable bonds is 4. The van der Waals surface area contributed by atoms with E-state index in [0.29, 0.717) is 11.6 Å². The van der Waals surface area contributed by atoms with E-state index in [4.69, 9.17) is 0 Å². The molecule has 1 atom stereocenters. The molecular formula is C13H28N2. The molecule has 1 heterocycles. The van der Waals surface area contributed by atoms with E-state index >= 15 is 0 Å². The first kappa shape index (κ1) is 13.0. The highest BCUT2D eigenvalue weighted by molar-refractivity contribution is 4.88. The third kappa shape index (κ3) is 3.18. The molecule has 1 fully saturated rings. The van der Waals surface area contributed by atoms with Crippen molar-refractivity contribution >= 4 is 0 Å². The van der Waals surface area contributed by atoms with Crippen molar-refractivity contribution < 1.29 is 0 Å². The molecule has 1 unspecified atom stereocenters. The van der Waals surface area contributed by atoms with Crippen LogP contribution in [-0.2, 0) is 0 Å². The van der Waals surface area contributed by atoms with Gasteiger partial charge < -0.3 is 5.32 Å². The molecule has 90 valence electrons. The third-order valence-corrected chi connectivity index (χ3v) is 4.26. The minimum absolute atomic E-state index is 0.416. The van der Waals surface area contributed by atoms with Gasteiger partial charge in [0.15, 0.2) is 0 Å². The third-order valence-electron chi connectivity index (χ3n) is 4.26. The van der Waals surface area contributed by atoms with Crippen LogP contribution in [0.2, 0.25) is 0 Å². The van der Waals surface area contributed by atoms with Crippen molar-refractivity contribution in [2.24, 2.45) is 0 Å². The molecule has 0 spiro atoms. The molecule has 1 saturated heterocycles. The molecule has 1 aliphatic heterocycles. The summed E-state index contributed by atoms with van der Waals surface area (Å²) >= 11 is 0. The van der Waals surface area contributed by atoms with Gasteiger partial charge in [0.2, 0.25) is 0 Å². The molecule has 1 rings (SSSR count). The van der Waals surface area contributed by atoms with Gasteiger partial charge >= 0.3 is 0 Å². The summed E-state index contributed by atoms with van der Waals surface area (Å²) in [5.41, 5.74) is 0.416. The van der Waals surface area contributed by atoms with Gasteiger partial charge in [-0.3, -0.25) is 4.90 Å². The molecule has 0 bridgehead atoms. The zero-order valence-corrected chi connectivity index (χ0v) is 11.0.